The lowest BCUT2D eigenvalue weighted by Crippen LogP contribution is -2.41. The summed E-state index contributed by atoms with van der Waals surface area (Å²) in [4.78, 5) is 29.5. The van der Waals surface area contributed by atoms with E-state index in [2.05, 4.69) is 4.99 Å². The van der Waals surface area contributed by atoms with Crippen molar-refractivity contribution >= 4 is 35.0 Å². The average Bonchev–Trinajstić information content (AvgIpc) is 3.30. The van der Waals surface area contributed by atoms with E-state index in [9.17, 15) is 22.8 Å². The summed E-state index contributed by atoms with van der Waals surface area (Å²) in [6, 6.07) is 7.77. The van der Waals surface area contributed by atoms with Crippen molar-refractivity contribution < 1.29 is 27.1 Å². The van der Waals surface area contributed by atoms with E-state index in [0.717, 1.165) is 15.9 Å². The second-order valence-electron chi connectivity index (χ2n) is 7.06. The molecule has 0 fully saturated rings. The number of carbonyl (C=O) groups excluding carboxylic acids is 1. The minimum absolute atomic E-state index is 0.105. The molecular weight excluding hydrogens is 481 g/mol. The van der Waals surface area contributed by atoms with E-state index in [-0.39, 0.29) is 21.5 Å². The van der Waals surface area contributed by atoms with Crippen molar-refractivity contribution in [3.8, 4) is 0 Å². The number of hydrogen-bond acceptors (Lipinski definition) is 6. The molecular formula is C22H16ClF3N2O4S. The molecule has 1 aliphatic heterocycles. The fraction of sp³-hybridized carbons (Fsp3) is 0.227. The van der Waals surface area contributed by atoms with Crippen molar-refractivity contribution in [2.45, 2.75) is 26.1 Å². The number of allylic oxidation sites excluding steroid dienone is 1. The number of ether oxygens (including phenoxy) is 1. The number of carbonyl (C=O) groups is 1. The van der Waals surface area contributed by atoms with Crippen molar-refractivity contribution in [1.82, 2.24) is 4.57 Å². The first-order valence-electron chi connectivity index (χ1n) is 9.72. The van der Waals surface area contributed by atoms with Crippen LogP contribution < -0.4 is 14.9 Å². The van der Waals surface area contributed by atoms with Crippen LogP contribution in [0.2, 0.25) is 5.02 Å². The Kier molecular flexibility index (Phi) is 6.06. The van der Waals surface area contributed by atoms with E-state index in [1.165, 1.54) is 37.3 Å². The molecule has 1 aromatic carbocycles. The van der Waals surface area contributed by atoms with Crippen LogP contribution in [-0.4, -0.2) is 23.3 Å². The number of furan rings is 1. The van der Waals surface area contributed by atoms with Gasteiger partial charge in [0.25, 0.3) is 5.56 Å². The van der Waals surface area contributed by atoms with Crippen molar-refractivity contribution in [3.05, 3.63) is 89.5 Å². The number of fused-ring (bicyclic) bond motifs is 1. The van der Waals surface area contributed by atoms with Crippen molar-refractivity contribution in [1.29, 1.82) is 0 Å². The molecule has 2 aromatic heterocycles. The number of aromatic nitrogens is 1. The number of rotatable bonds is 4. The Bertz CT molecular complexity index is 1430. The van der Waals surface area contributed by atoms with Crippen LogP contribution in [0.4, 0.5) is 13.2 Å². The Hall–Kier alpha value is -3.11. The second kappa shape index (κ2) is 8.68. The minimum atomic E-state index is -4.96. The summed E-state index contributed by atoms with van der Waals surface area (Å²) in [5.74, 6) is -0.233. The van der Waals surface area contributed by atoms with Crippen LogP contribution in [0.25, 0.3) is 6.08 Å². The maximum Gasteiger partial charge on any atom is 0.434 e. The lowest BCUT2D eigenvalue weighted by atomic mass is 9.95. The van der Waals surface area contributed by atoms with Crippen LogP contribution in [0.3, 0.4) is 0 Å². The highest BCUT2D eigenvalue weighted by atomic mass is 35.5. The minimum Gasteiger partial charge on any atom is -0.463 e. The fourth-order valence-corrected chi connectivity index (χ4v) is 4.57. The number of halogens is 4. The third-order valence-corrected chi connectivity index (χ3v) is 6.05. The zero-order valence-corrected chi connectivity index (χ0v) is 18.8. The standard InChI is InChI=1S/C22H16ClF3N2O4S/c1-3-31-20(30)16-17(12-5-7-13(23)8-6-12)28-19(29)15(10-14-9-4-11(2)32-14)33-21(28)27-18(16)22(24,25)26/h4-10,17H,3H2,1-2H3/b15-10-/t17-/m0/s1. The van der Waals surface area contributed by atoms with Crippen LogP contribution in [0.1, 0.15) is 30.0 Å². The highest BCUT2D eigenvalue weighted by molar-refractivity contribution is 7.07. The monoisotopic (exact) mass is 496 g/mol. The SMILES string of the molecule is CCOC(=O)C1=C(C(F)(F)F)N=c2s/c(=C\c3ccc(C)o3)c(=O)n2[C@H]1c1ccc(Cl)cc1. The first kappa shape index (κ1) is 23.1. The van der Waals surface area contributed by atoms with Gasteiger partial charge in [0, 0.05) is 11.1 Å². The van der Waals surface area contributed by atoms with E-state index in [1.54, 1.807) is 19.1 Å². The van der Waals surface area contributed by atoms with Crippen LogP contribution in [-0.2, 0) is 9.53 Å². The maximum absolute atomic E-state index is 14.0. The lowest BCUT2D eigenvalue weighted by Gasteiger charge is -2.26. The number of aryl methyl sites for hydroxylation is 1. The van der Waals surface area contributed by atoms with E-state index in [1.807, 2.05) is 0 Å². The van der Waals surface area contributed by atoms with Crippen LogP contribution in [0, 0.1) is 6.92 Å². The topological polar surface area (TPSA) is 73.8 Å². The molecule has 0 unspecified atom stereocenters. The molecule has 3 heterocycles. The Balaban J connectivity index is 2.05. The fourth-order valence-electron chi connectivity index (χ4n) is 3.46. The highest BCUT2D eigenvalue weighted by Crippen LogP contribution is 2.38. The van der Waals surface area contributed by atoms with E-state index < -0.39 is 35.0 Å². The zero-order chi connectivity index (χ0) is 23.9. The van der Waals surface area contributed by atoms with Gasteiger partial charge in [0.05, 0.1) is 22.8 Å². The normalized spacial score (nSPS) is 16.5. The first-order chi connectivity index (χ1) is 15.6. The van der Waals surface area contributed by atoms with Gasteiger partial charge in [0.15, 0.2) is 10.5 Å². The van der Waals surface area contributed by atoms with E-state index in [4.69, 9.17) is 20.8 Å². The highest BCUT2D eigenvalue weighted by Gasteiger charge is 2.45. The van der Waals surface area contributed by atoms with Crippen molar-refractivity contribution in [2.75, 3.05) is 6.61 Å². The Morgan fingerprint density at radius 3 is 2.55 bits per heavy atom. The molecule has 0 aliphatic carbocycles. The molecule has 33 heavy (non-hydrogen) atoms. The van der Waals surface area contributed by atoms with Crippen LogP contribution in [0.15, 0.2) is 61.9 Å². The molecule has 0 spiro atoms. The molecule has 11 heteroatoms. The molecule has 0 saturated heterocycles. The Labute approximate surface area is 193 Å². The molecule has 4 rings (SSSR count). The second-order valence-corrected chi connectivity index (χ2v) is 8.51. The number of benzene rings is 1. The summed E-state index contributed by atoms with van der Waals surface area (Å²) in [5, 5.41) is 0.344. The van der Waals surface area contributed by atoms with Gasteiger partial charge >= 0.3 is 12.1 Å². The van der Waals surface area contributed by atoms with Gasteiger partial charge in [-0.2, -0.15) is 13.2 Å². The molecule has 172 valence electrons. The van der Waals surface area contributed by atoms with E-state index >= 15 is 0 Å². The van der Waals surface area contributed by atoms with Gasteiger partial charge < -0.3 is 9.15 Å². The van der Waals surface area contributed by atoms with Gasteiger partial charge in [-0.15, -0.1) is 0 Å². The van der Waals surface area contributed by atoms with Gasteiger partial charge in [-0.3, -0.25) is 9.36 Å². The Morgan fingerprint density at radius 2 is 1.97 bits per heavy atom. The summed E-state index contributed by atoms with van der Waals surface area (Å²) < 4.78 is 53.6. The average molecular weight is 497 g/mol. The molecule has 1 atom stereocenters. The quantitative estimate of drug-likeness (QED) is 0.514. The molecule has 0 radical (unpaired) electrons. The first-order valence-corrected chi connectivity index (χ1v) is 10.9. The Morgan fingerprint density at radius 1 is 1.27 bits per heavy atom. The van der Waals surface area contributed by atoms with Crippen LogP contribution in [0.5, 0.6) is 0 Å². The zero-order valence-electron chi connectivity index (χ0n) is 17.3. The molecule has 1 aliphatic rings. The van der Waals surface area contributed by atoms with Crippen molar-refractivity contribution in [3.63, 3.8) is 0 Å². The number of nitrogens with zero attached hydrogens (tertiary/aromatic N) is 2. The number of hydrogen-bond donors (Lipinski definition) is 0. The number of thiazole rings is 1. The predicted octanol–water partition coefficient (Wildman–Crippen LogP) is 3.90. The lowest BCUT2D eigenvalue weighted by molar-refractivity contribution is -0.140. The van der Waals surface area contributed by atoms with Gasteiger partial charge in [0.2, 0.25) is 0 Å². The van der Waals surface area contributed by atoms with Gasteiger partial charge in [-0.25, -0.2) is 9.79 Å². The maximum atomic E-state index is 14.0. The van der Waals surface area contributed by atoms with Gasteiger partial charge in [-0.05, 0) is 43.7 Å². The van der Waals surface area contributed by atoms with E-state index in [0.29, 0.717) is 16.5 Å². The summed E-state index contributed by atoms with van der Waals surface area (Å²) >= 11 is 6.71. The predicted molar refractivity (Wildman–Crippen MR) is 116 cm³/mol. The summed E-state index contributed by atoms with van der Waals surface area (Å²) in [5.41, 5.74) is -2.53. The van der Waals surface area contributed by atoms with Crippen molar-refractivity contribution in [2.24, 2.45) is 4.99 Å². The molecule has 0 N–H and O–H groups in total. The molecule has 0 saturated carbocycles. The number of esters is 1. The summed E-state index contributed by atoms with van der Waals surface area (Å²) in [7, 11) is 0. The molecule has 0 bridgehead atoms. The molecule has 3 aromatic rings. The van der Waals surface area contributed by atoms with Gasteiger partial charge in [-0.1, -0.05) is 35.1 Å². The van der Waals surface area contributed by atoms with Gasteiger partial charge in [0.1, 0.15) is 11.5 Å². The number of alkyl halides is 3. The third kappa shape index (κ3) is 4.40. The van der Waals surface area contributed by atoms with Crippen LogP contribution >= 0.6 is 22.9 Å². The summed E-state index contributed by atoms with van der Waals surface area (Å²) in [6.45, 7) is 3.05. The largest absolute Gasteiger partial charge is 0.463 e. The third-order valence-electron chi connectivity index (χ3n) is 4.82. The molecule has 0 amide bonds. The molecule has 6 nitrogen and oxygen atoms in total. The summed E-state index contributed by atoms with van der Waals surface area (Å²) in [6.07, 6.45) is -3.53. The smallest absolute Gasteiger partial charge is 0.434 e.